The molecule has 190 valence electrons. The molecule has 2 amide bonds. The third kappa shape index (κ3) is 6.28. The second kappa shape index (κ2) is 10.9. The molecule has 0 atom stereocenters. The SMILES string of the molecule is CC(=O)NC1(c2noc(CCC(=O)NCC(C)(C)N3CCc4ccccc4C3)n2)CCCCCC1. The van der Waals surface area contributed by atoms with Gasteiger partial charge < -0.3 is 15.2 Å². The normalized spacial score (nSPS) is 18.4. The monoisotopic (exact) mass is 481 g/mol. The number of fused-ring (bicyclic) bond motifs is 1. The van der Waals surface area contributed by atoms with Gasteiger partial charge in [-0.15, -0.1) is 0 Å². The zero-order valence-electron chi connectivity index (χ0n) is 21.4. The minimum atomic E-state index is -0.566. The first-order chi connectivity index (χ1) is 16.8. The lowest BCUT2D eigenvalue weighted by Crippen LogP contribution is -2.53. The molecule has 1 saturated carbocycles. The molecular weight excluding hydrogens is 442 g/mol. The van der Waals surface area contributed by atoms with E-state index >= 15 is 0 Å². The van der Waals surface area contributed by atoms with E-state index in [0.717, 1.165) is 58.0 Å². The van der Waals surface area contributed by atoms with Gasteiger partial charge >= 0.3 is 0 Å². The summed E-state index contributed by atoms with van der Waals surface area (Å²) >= 11 is 0. The molecule has 0 unspecified atom stereocenters. The van der Waals surface area contributed by atoms with Gasteiger partial charge in [0.1, 0.15) is 5.54 Å². The van der Waals surface area contributed by atoms with Crippen LogP contribution in [0, 0.1) is 0 Å². The van der Waals surface area contributed by atoms with E-state index in [1.54, 1.807) is 0 Å². The van der Waals surface area contributed by atoms with Crippen LogP contribution < -0.4 is 10.6 Å². The molecule has 0 spiro atoms. The Morgan fingerprint density at radius 2 is 1.83 bits per heavy atom. The van der Waals surface area contributed by atoms with Gasteiger partial charge in [0.2, 0.25) is 17.7 Å². The van der Waals surface area contributed by atoms with Gasteiger partial charge in [0.15, 0.2) is 5.82 Å². The van der Waals surface area contributed by atoms with E-state index in [1.165, 1.54) is 18.1 Å². The Labute approximate surface area is 208 Å². The van der Waals surface area contributed by atoms with Gasteiger partial charge in [-0.1, -0.05) is 55.1 Å². The number of amides is 2. The number of aryl methyl sites for hydroxylation is 1. The summed E-state index contributed by atoms with van der Waals surface area (Å²) in [6.07, 6.45) is 7.65. The van der Waals surface area contributed by atoms with E-state index in [2.05, 4.69) is 63.8 Å². The number of benzene rings is 1. The quantitative estimate of drug-likeness (QED) is 0.559. The molecule has 8 nitrogen and oxygen atoms in total. The number of carbonyl (C=O) groups is 2. The number of aromatic nitrogens is 2. The predicted molar refractivity (Wildman–Crippen MR) is 133 cm³/mol. The van der Waals surface area contributed by atoms with E-state index in [4.69, 9.17) is 4.52 Å². The minimum Gasteiger partial charge on any atom is -0.354 e. The highest BCUT2D eigenvalue weighted by molar-refractivity contribution is 5.76. The van der Waals surface area contributed by atoms with Crippen molar-refractivity contribution >= 4 is 11.8 Å². The lowest BCUT2D eigenvalue weighted by atomic mass is 9.89. The summed E-state index contributed by atoms with van der Waals surface area (Å²) in [4.78, 5) is 31.6. The molecule has 0 bridgehead atoms. The van der Waals surface area contributed by atoms with Crippen LogP contribution in [0.25, 0.3) is 0 Å². The molecule has 2 N–H and O–H groups in total. The van der Waals surface area contributed by atoms with E-state index in [9.17, 15) is 9.59 Å². The van der Waals surface area contributed by atoms with Crippen LogP contribution in [0.1, 0.15) is 88.6 Å². The number of hydrogen-bond donors (Lipinski definition) is 2. The van der Waals surface area contributed by atoms with Gasteiger partial charge in [-0.2, -0.15) is 4.98 Å². The van der Waals surface area contributed by atoms with Crippen molar-refractivity contribution in [3.63, 3.8) is 0 Å². The molecule has 8 heteroatoms. The van der Waals surface area contributed by atoms with Crippen LogP contribution in [0.15, 0.2) is 28.8 Å². The Morgan fingerprint density at radius 1 is 1.11 bits per heavy atom. The van der Waals surface area contributed by atoms with Gasteiger partial charge in [0, 0.05) is 44.9 Å². The first-order valence-corrected chi connectivity index (χ1v) is 13.0. The minimum absolute atomic E-state index is 0.0266. The standard InChI is InChI=1S/C27H39N5O3/c1-20(33)30-27(15-8-4-5-9-16-27)25-29-24(35-31-25)13-12-23(34)28-19-26(2,3)32-17-14-21-10-6-7-11-22(21)18-32/h6-7,10-11H,4-5,8-9,12-19H2,1-3H3,(H,28,34)(H,30,33). The van der Waals surface area contributed by atoms with Gasteiger partial charge in [-0.25, -0.2) is 0 Å². The maximum absolute atomic E-state index is 12.6. The van der Waals surface area contributed by atoms with Crippen molar-refractivity contribution in [2.75, 3.05) is 13.1 Å². The van der Waals surface area contributed by atoms with E-state index < -0.39 is 5.54 Å². The van der Waals surface area contributed by atoms with Crippen LogP contribution in [-0.2, 0) is 34.5 Å². The molecule has 2 aliphatic rings. The number of carbonyl (C=O) groups excluding carboxylic acids is 2. The zero-order valence-corrected chi connectivity index (χ0v) is 21.4. The maximum Gasteiger partial charge on any atom is 0.227 e. The molecular formula is C27H39N5O3. The molecule has 1 aliphatic carbocycles. The highest BCUT2D eigenvalue weighted by Gasteiger charge is 2.38. The molecule has 1 aliphatic heterocycles. The van der Waals surface area contributed by atoms with Crippen LogP contribution in [0.3, 0.4) is 0 Å². The topological polar surface area (TPSA) is 100 Å². The Morgan fingerprint density at radius 3 is 2.54 bits per heavy atom. The molecule has 4 rings (SSSR count). The second-order valence-electron chi connectivity index (χ2n) is 10.7. The molecule has 0 saturated heterocycles. The molecule has 1 aromatic carbocycles. The lowest BCUT2D eigenvalue weighted by molar-refractivity contribution is -0.122. The zero-order chi connectivity index (χ0) is 24.9. The fourth-order valence-electron chi connectivity index (χ4n) is 5.37. The van der Waals surface area contributed by atoms with Crippen LogP contribution in [0.2, 0.25) is 0 Å². The molecule has 0 radical (unpaired) electrons. The third-order valence-electron chi connectivity index (χ3n) is 7.54. The second-order valence-corrected chi connectivity index (χ2v) is 10.7. The summed E-state index contributed by atoms with van der Waals surface area (Å²) < 4.78 is 5.49. The molecule has 35 heavy (non-hydrogen) atoms. The molecule has 1 fully saturated rings. The van der Waals surface area contributed by atoms with Gasteiger partial charge in [-0.05, 0) is 44.2 Å². The highest BCUT2D eigenvalue weighted by atomic mass is 16.5. The van der Waals surface area contributed by atoms with Crippen molar-refractivity contribution < 1.29 is 14.1 Å². The van der Waals surface area contributed by atoms with Crippen molar-refractivity contribution in [2.24, 2.45) is 0 Å². The summed E-state index contributed by atoms with van der Waals surface area (Å²) in [7, 11) is 0. The smallest absolute Gasteiger partial charge is 0.227 e. The van der Waals surface area contributed by atoms with E-state index in [1.807, 2.05) is 0 Å². The third-order valence-corrected chi connectivity index (χ3v) is 7.54. The van der Waals surface area contributed by atoms with Crippen molar-refractivity contribution in [3.05, 3.63) is 47.1 Å². The summed E-state index contributed by atoms with van der Waals surface area (Å²) in [5.74, 6) is 0.867. The van der Waals surface area contributed by atoms with Gasteiger partial charge in [0.05, 0.1) is 0 Å². The summed E-state index contributed by atoms with van der Waals surface area (Å²) in [6.45, 7) is 8.36. The number of nitrogens with zero attached hydrogens (tertiary/aromatic N) is 3. The average Bonchev–Trinajstić information content (AvgIpc) is 3.21. The maximum atomic E-state index is 12.6. The van der Waals surface area contributed by atoms with Crippen molar-refractivity contribution in [1.29, 1.82) is 0 Å². The average molecular weight is 482 g/mol. The van der Waals surface area contributed by atoms with E-state index in [0.29, 0.717) is 24.7 Å². The summed E-state index contributed by atoms with van der Waals surface area (Å²) in [5.41, 5.74) is 2.08. The highest BCUT2D eigenvalue weighted by Crippen LogP contribution is 2.34. The summed E-state index contributed by atoms with van der Waals surface area (Å²) in [6, 6.07) is 8.59. The number of nitrogens with one attached hydrogen (secondary N) is 2. The van der Waals surface area contributed by atoms with Gasteiger partial charge in [0.25, 0.3) is 0 Å². The van der Waals surface area contributed by atoms with Gasteiger partial charge in [-0.3, -0.25) is 14.5 Å². The lowest BCUT2D eigenvalue weighted by Gasteiger charge is -2.41. The predicted octanol–water partition coefficient (Wildman–Crippen LogP) is 3.64. The Bertz CT molecular complexity index is 1020. The van der Waals surface area contributed by atoms with E-state index in [-0.39, 0.29) is 23.8 Å². The van der Waals surface area contributed by atoms with Crippen LogP contribution in [-0.4, -0.2) is 45.5 Å². The van der Waals surface area contributed by atoms with Crippen molar-refractivity contribution in [2.45, 2.75) is 96.2 Å². The number of hydrogen-bond acceptors (Lipinski definition) is 6. The van der Waals surface area contributed by atoms with Crippen molar-refractivity contribution in [1.82, 2.24) is 25.7 Å². The molecule has 2 heterocycles. The first kappa shape index (κ1) is 25.4. The summed E-state index contributed by atoms with van der Waals surface area (Å²) in [5, 5.41) is 10.4. The Hall–Kier alpha value is -2.74. The molecule has 2 aromatic rings. The van der Waals surface area contributed by atoms with Crippen molar-refractivity contribution in [3.8, 4) is 0 Å². The van der Waals surface area contributed by atoms with Crippen LogP contribution >= 0.6 is 0 Å². The first-order valence-electron chi connectivity index (χ1n) is 13.0. The Kier molecular flexibility index (Phi) is 7.89. The van der Waals surface area contributed by atoms with Crippen LogP contribution in [0.5, 0.6) is 0 Å². The number of rotatable bonds is 8. The molecule has 1 aromatic heterocycles. The fraction of sp³-hybridized carbons (Fsp3) is 0.630. The fourth-order valence-corrected chi connectivity index (χ4v) is 5.37. The largest absolute Gasteiger partial charge is 0.354 e. The van der Waals surface area contributed by atoms with Crippen LogP contribution in [0.4, 0.5) is 0 Å². The Balaban J connectivity index is 1.29.